The van der Waals surface area contributed by atoms with Crippen molar-refractivity contribution in [2.24, 2.45) is 0 Å². The van der Waals surface area contributed by atoms with Crippen molar-refractivity contribution in [2.75, 3.05) is 19.5 Å². The number of hydrogen-bond acceptors (Lipinski definition) is 5. The Balaban J connectivity index is 1.59. The van der Waals surface area contributed by atoms with Crippen LogP contribution in [0.3, 0.4) is 0 Å². The van der Waals surface area contributed by atoms with E-state index in [2.05, 4.69) is 33.1 Å². The van der Waals surface area contributed by atoms with E-state index in [9.17, 15) is 0 Å². The van der Waals surface area contributed by atoms with E-state index in [0.29, 0.717) is 6.54 Å². The summed E-state index contributed by atoms with van der Waals surface area (Å²) in [4.78, 5) is 4.36. The summed E-state index contributed by atoms with van der Waals surface area (Å²) in [6, 6.07) is 23.9. The minimum absolute atomic E-state index is 0.330. The molecule has 0 fully saturated rings. The van der Waals surface area contributed by atoms with Crippen molar-refractivity contribution < 1.29 is 14.2 Å². The zero-order chi connectivity index (χ0) is 21.2. The summed E-state index contributed by atoms with van der Waals surface area (Å²) in [6.45, 7) is 0.632. The van der Waals surface area contributed by atoms with Gasteiger partial charge in [-0.1, -0.05) is 18.2 Å². The first-order valence-electron chi connectivity index (χ1n) is 10.1. The first kappa shape index (κ1) is 19.1. The van der Waals surface area contributed by atoms with Crippen molar-refractivity contribution >= 4 is 5.82 Å². The molecule has 3 heterocycles. The van der Waals surface area contributed by atoms with Crippen molar-refractivity contribution in [3.63, 3.8) is 0 Å². The maximum absolute atomic E-state index is 6.47. The number of hydrogen-bond donors (Lipinski definition) is 1. The Morgan fingerprint density at radius 3 is 2.65 bits per heavy atom. The third-order valence-electron chi connectivity index (χ3n) is 5.45. The summed E-state index contributed by atoms with van der Waals surface area (Å²) < 4.78 is 19.8. The lowest BCUT2D eigenvalue weighted by atomic mass is 10.0. The van der Waals surface area contributed by atoms with E-state index in [1.54, 1.807) is 20.4 Å². The average molecular weight is 413 g/mol. The second-order valence-corrected chi connectivity index (χ2v) is 7.23. The highest BCUT2D eigenvalue weighted by atomic mass is 16.5. The summed E-state index contributed by atoms with van der Waals surface area (Å²) in [6.07, 6.45) is 1.45. The van der Waals surface area contributed by atoms with Crippen LogP contribution in [0.15, 0.2) is 79.0 Å². The molecule has 6 heteroatoms. The SMILES string of the molecule is COc1ccc(OC)c(C2Oc3ccccc3-n3c(CNc4ccccn4)ccc32)c1. The van der Waals surface area contributed by atoms with Gasteiger partial charge in [0.2, 0.25) is 0 Å². The van der Waals surface area contributed by atoms with Crippen LogP contribution in [0.5, 0.6) is 17.2 Å². The van der Waals surface area contributed by atoms with Crippen LogP contribution in [0.4, 0.5) is 5.82 Å². The van der Waals surface area contributed by atoms with E-state index in [4.69, 9.17) is 14.2 Å². The first-order chi connectivity index (χ1) is 15.3. The van der Waals surface area contributed by atoms with Crippen molar-refractivity contribution in [1.82, 2.24) is 9.55 Å². The molecule has 0 bridgehead atoms. The van der Waals surface area contributed by atoms with E-state index in [1.807, 2.05) is 54.6 Å². The Bertz CT molecular complexity index is 1200. The van der Waals surface area contributed by atoms with Crippen LogP contribution in [0.2, 0.25) is 0 Å². The van der Waals surface area contributed by atoms with Crippen LogP contribution in [-0.2, 0) is 6.54 Å². The van der Waals surface area contributed by atoms with Gasteiger partial charge in [0.15, 0.2) is 6.10 Å². The predicted molar refractivity (Wildman–Crippen MR) is 119 cm³/mol. The van der Waals surface area contributed by atoms with Gasteiger partial charge in [-0.2, -0.15) is 0 Å². The molecule has 0 amide bonds. The van der Waals surface area contributed by atoms with Crippen LogP contribution in [0.25, 0.3) is 5.69 Å². The maximum Gasteiger partial charge on any atom is 0.168 e. The number of pyridine rings is 1. The molecule has 0 spiro atoms. The molecular formula is C25H23N3O3. The number of methoxy groups -OCH3 is 2. The van der Waals surface area contributed by atoms with Gasteiger partial charge in [0.05, 0.1) is 32.1 Å². The van der Waals surface area contributed by atoms with Gasteiger partial charge in [0.25, 0.3) is 0 Å². The monoisotopic (exact) mass is 413 g/mol. The number of nitrogens with one attached hydrogen (secondary N) is 1. The lowest BCUT2D eigenvalue weighted by Crippen LogP contribution is -2.22. The smallest absolute Gasteiger partial charge is 0.168 e. The molecule has 2 aromatic carbocycles. The minimum Gasteiger partial charge on any atom is -0.497 e. The van der Waals surface area contributed by atoms with Gasteiger partial charge < -0.3 is 24.1 Å². The highest BCUT2D eigenvalue weighted by Crippen LogP contribution is 2.43. The van der Waals surface area contributed by atoms with Gasteiger partial charge in [-0.15, -0.1) is 0 Å². The average Bonchev–Trinajstić information content (AvgIpc) is 3.27. The number of ether oxygens (including phenoxy) is 3. The van der Waals surface area contributed by atoms with E-state index in [1.165, 1.54) is 0 Å². The van der Waals surface area contributed by atoms with Crippen molar-refractivity contribution in [1.29, 1.82) is 0 Å². The van der Waals surface area contributed by atoms with Crippen LogP contribution in [0.1, 0.15) is 23.1 Å². The first-order valence-corrected chi connectivity index (χ1v) is 10.1. The molecule has 0 saturated heterocycles. The Labute approximate surface area is 181 Å². The standard InChI is InChI=1S/C25H23N3O3/c1-29-18-11-13-22(30-2)19(15-18)25-21-12-10-17(16-27-24-9-5-6-14-26-24)28(21)20-7-3-4-8-23(20)31-25/h3-15,25H,16H2,1-2H3,(H,26,27). The van der Waals surface area contributed by atoms with Crippen LogP contribution in [0, 0.1) is 0 Å². The van der Waals surface area contributed by atoms with Crippen LogP contribution in [-0.4, -0.2) is 23.8 Å². The fraction of sp³-hybridized carbons (Fsp3) is 0.160. The Morgan fingerprint density at radius 2 is 1.84 bits per heavy atom. The van der Waals surface area contributed by atoms with Gasteiger partial charge in [-0.3, -0.25) is 0 Å². The number of benzene rings is 2. The van der Waals surface area contributed by atoms with E-state index in [-0.39, 0.29) is 6.10 Å². The summed E-state index contributed by atoms with van der Waals surface area (Å²) in [5, 5.41) is 3.41. The maximum atomic E-state index is 6.47. The predicted octanol–water partition coefficient (Wildman–Crippen LogP) is 4.98. The molecule has 0 saturated carbocycles. The Hall–Kier alpha value is -3.93. The van der Waals surface area contributed by atoms with Gasteiger partial charge in [0.1, 0.15) is 23.1 Å². The lowest BCUT2D eigenvalue weighted by molar-refractivity contribution is 0.221. The number of fused-ring (bicyclic) bond motifs is 3. The molecule has 2 aromatic heterocycles. The third-order valence-corrected chi connectivity index (χ3v) is 5.45. The fourth-order valence-electron chi connectivity index (χ4n) is 3.98. The Kier molecular flexibility index (Phi) is 4.96. The van der Waals surface area contributed by atoms with E-state index < -0.39 is 0 Å². The molecule has 0 radical (unpaired) electrons. The van der Waals surface area contributed by atoms with Gasteiger partial charge in [-0.05, 0) is 54.6 Å². The minimum atomic E-state index is -0.330. The summed E-state index contributed by atoms with van der Waals surface area (Å²) in [7, 11) is 3.33. The molecule has 4 aromatic rings. The molecule has 1 atom stereocenters. The van der Waals surface area contributed by atoms with Crippen LogP contribution < -0.4 is 19.5 Å². The summed E-state index contributed by atoms with van der Waals surface area (Å²) in [5.74, 6) is 3.17. The van der Waals surface area contributed by atoms with Gasteiger partial charge in [-0.25, -0.2) is 4.98 Å². The van der Waals surface area contributed by atoms with Crippen molar-refractivity contribution in [3.8, 4) is 22.9 Å². The van der Waals surface area contributed by atoms with Gasteiger partial charge in [0, 0.05) is 17.5 Å². The molecule has 1 N–H and O–H groups in total. The zero-order valence-corrected chi connectivity index (χ0v) is 17.4. The molecule has 1 unspecified atom stereocenters. The molecular weight excluding hydrogens is 390 g/mol. The number of rotatable bonds is 6. The molecule has 31 heavy (non-hydrogen) atoms. The highest BCUT2D eigenvalue weighted by molar-refractivity contribution is 5.56. The highest BCUT2D eigenvalue weighted by Gasteiger charge is 2.31. The second-order valence-electron chi connectivity index (χ2n) is 7.23. The molecule has 1 aliphatic heterocycles. The normalized spacial score (nSPS) is 14.2. The number of nitrogens with zero attached hydrogens (tertiary/aromatic N) is 2. The molecule has 5 rings (SSSR count). The molecule has 6 nitrogen and oxygen atoms in total. The quantitative estimate of drug-likeness (QED) is 0.483. The number of aromatic nitrogens is 2. The van der Waals surface area contributed by atoms with Gasteiger partial charge >= 0.3 is 0 Å². The Morgan fingerprint density at radius 1 is 0.968 bits per heavy atom. The largest absolute Gasteiger partial charge is 0.497 e. The number of anilines is 1. The zero-order valence-electron chi connectivity index (χ0n) is 17.4. The third kappa shape index (κ3) is 3.46. The second kappa shape index (κ2) is 8.07. The van der Waals surface area contributed by atoms with Crippen molar-refractivity contribution in [3.05, 3.63) is 95.9 Å². The van der Waals surface area contributed by atoms with Crippen LogP contribution >= 0.6 is 0 Å². The molecule has 156 valence electrons. The van der Waals surface area contributed by atoms with E-state index in [0.717, 1.165) is 45.7 Å². The number of para-hydroxylation sites is 2. The lowest BCUT2D eigenvalue weighted by Gasteiger charge is -2.30. The summed E-state index contributed by atoms with van der Waals surface area (Å²) in [5.41, 5.74) is 4.07. The van der Waals surface area contributed by atoms with Crippen molar-refractivity contribution in [2.45, 2.75) is 12.6 Å². The molecule has 0 aliphatic carbocycles. The summed E-state index contributed by atoms with van der Waals surface area (Å²) >= 11 is 0. The molecule has 1 aliphatic rings. The van der Waals surface area contributed by atoms with E-state index >= 15 is 0 Å². The topological polar surface area (TPSA) is 57.5 Å². The fourth-order valence-corrected chi connectivity index (χ4v) is 3.98.